The van der Waals surface area contributed by atoms with Crippen LogP contribution in [-0.2, 0) is 11.3 Å². The highest BCUT2D eigenvalue weighted by Crippen LogP contribution is 2.25. The van der Waals surface area contributed by atoms with Gasteiger partial charge in [0, 0.05) is 5.56 Å². The van der Waals surface area contributed by atoms with E-state index in [1.807, 2.05) is 13.0 Å². The first-order valence-corrected chi connectivity index (χ1v) is 6.93. The summed E-state index contributed by atoms with van der Waals surface area (Å²) in [6.07, 6.45) is 7.46. The second-order valence-corrected chi connectivity index (χ2v) is 4.96. The van der Waals surface area contributed by atoms with Crippen molar-refractivity contribution < 1.29 is 9.47 Å². The second-order valence-electron chi connectivity index (χ2n) is 4.96. The lowest BCUT2D eigenvalue weighted by molar-refractivity contribution is 0.202. The number of aryl methyl sites for hydroxylation is 1. The molecule has 1 aliphatic rings. The minimum atomic E-state index is 0.557. The molecule has 1 aromatic rings. The predicted octanol–water partition coefficient (Wildman–Crippen LogP) is 4.39. The smallest absolute Gasteiger partial charge is 0.128 e. The molecule has 102 valence electrons. The van der Waals surface area contributed by atoms with Crippen LogP contribution in [-0.4, -0.2) is 6.61 Å². The number of allylic oxidation sites excluding steroid dienone is 3. The summed E-state index contributed by atoms with van der Waals surface area (Å²) in [7, 11) is 0. The van der Waals surface area contributed by atoms with E-state index < -0.39 is 0 Å². The van der Waals surface area contributed by atoms with Crippen molar-refractivity contribution in [3.8, 4) is 5.75 Å². The second kappa shape index (κ2) is 6.46. The van der Waals surface area contributed by atoms with Gasteiger partial charge in [-0.05, 0) is 43.9 Å². The summed E-state index contributed by atoms with van der Waals surface area (Å²) in [5, 5.41) is 0. The molecule has 2 heteroatoms. The van der Waals surface area contributed by atoms with Crippen LogP contribution in [0.1, 0.15) is 31.4 Å². The van der Waals surface area contributed by atoms with Gasteiger partial charge in [0.25, 0.3) is 0 Å². The maximum Gasteiger partial charge on any atom is 0.128 e. The molecule has 19 heavy (non-hydrogen) atoms. The Labute approximate surface area is 115 Å². The van der Waals surface area contributed by atoms with E-state index in [1.165, 1.54) is 0 Å². The van der Waals surface area contributed by atoms with Crippen LogP contribution in [0.5, 0.6) is 5.75 Å². The van der Waals surface area contributed by atoms with Gasteiger partial charge in [-0.2, -0.15) is 0 Å². The summed E-state index contributed by atoms with van der Waals surface area (Å²) in [6, 6.07) is 6.17. The van der Waals surface area contributed by atoms with Crippen LogP contribution >= 0.6 is 0 Å². The Bertz CT molecular complexity index is 486. The number of ether oxygens (including phenoxy) is 2. The highest BCUT2D eigenvalue weighted by atomic mass is 16.5. The normalized spacial score (nSPS) is 18.1. The van der Waals surface area contributed by atoms with E-state index in [-0.39, 0.29) is 0 Å². The zero-order valence-corrected chi connectivity index (χ0v) is 12.0. The standard InChI is InChI=1S/C17H22O2/c1-4-18-17-14(3)6-5-7-15(17)12-19-16-10-8-13(2)9-11-16/h5-8,10-11,13H,4,9,12H2,1-3H3. The van der Waals surface area contributed by atoms with Gasteiger partial charge in [0.2, 0.25) is 0 Å². The fraction of sp³-hybridized carbons (Fsp3) is 0.412. The molecule has 0 fully saturated rings. The lowest BCUT2D eigenvalue weighted by Gasteiger charge is -2.16. The van der Waals surface area contributed by atoms with Gasteiger partial charge >= 0.3 is 0 Å². The zero-order valence-electron chi connectivity index (χ0n) is 12.0. The van der Waals surface area contributed by atoms with E-state index in [4.69, 9.17) is 9.47 Å². The van der Waals surface area contributed by atoms with E-state index in [0.717, 1.165) is 29.1 Å². The average Bonchev–Trinajstić information content (AvgIpc) is 2.41. The first kappa shape index (κ1) is 13.7. The first-order chi connectivity index (χ1) is 9.20. The van der Waals surface area contributed by atoms with Gasteiger partial charge in [0.05, 0.1) is 6.61 Å². The Morgan fingerprint density at radius 1 is 1.26 bits per heavy atom. The van der Waals surface area contributed by atoms with Crippen molar-refractivity contribution in [2.75, 3.05) is 6.61 Å². The van der Waals surface area contributed by atoms with E-state index in [0.29, 0.717) is 19.1 Å². The molecule has 0 spiro atoms. The largest absolute Gasteiger partial charge is 0.493 e. The third-order valence-electron chi connectivity index (χ3n) is 3.26. The zero-order chi connectivity index (χ0) is 13.7. The molecule has 1 atom stereocenters. The molecule has 1 unspecified atom stereocenters. The van der Waals surface area contributed by atoms with Crippen molar-refractivity contribution in [3.63, 3.8) is 0 Å². The lowest BCUT2D eigenvalue weighted by atomic mass is 10.0. The maximum absolute atomic E-state index is 5.85. The molecule has 0 N–H and O–H groups in total. The molecule has 2 nitrogen and oxygen atoms in total. The molecule has 0 saturated carbocycles. The Morgan fingerprint density at radius 2 is 2.11 bits per heavy atom. The number of para-hydroxylation sites is 1. The molecular weight excluding hydrogens is 236 g/mol. The number of rotatable bonds is 5. The number of hydrogen-bond donors (Lipinski definition) is 0. The Kier molecular flexibility index (Phi) is 4.67. The van der Waals surface area contributed by atoms with Crippen molar-refractivity contribution in [3.05, 3.63) is 53.3 Å². The topological polar surface area (TPSA) is 18.5 Å². The summed E-state index contributed by atoms with van der Waals surface area (Å²) in [6.45, 7) is 7.51. The van der Waals surface area contributed by atoms with Crippen LogP contribution in [0.2, 0.25) is 0 Å². The van der Waals surface area contributed by atoms with E-state index >= 15 is 0 Å². The lowest BCUT2D eigenvalue weighted by Crippen LogP contribution is -2.02. The molecular formula is C17H22O2. The SMILES string of the molecule is CCOc1c(C)cccc1COC1=CCC(C)C=C1. The van der Waals surface area contributed by atoms with Crippen molar-refractivity contribution in [2.24, 2.45) is 5.92 Å². The van der Waals surface area contributed by atoms with Gasteiger partial charge < -0.3 is 9.47 Å². The van der Waals surface area contributed by atoms with Crippen LogP contribution in [0.4, 0.5) is 0 Å². The molecule has 0 aliphatic heterocycles. The summed E-state index contributed by atoms with van der Waals surface area (Å²) in [5.41, 5.74) is 2.26. The van der Waals surface area contributed by atoms with Gasteiger partial charge in [-0.15, -0.1) is 0 Å². The number of hydrogen-bond acceptors (Lipinski definition) is 2. The summed E-state index contributed by atoms with van der Waals surface area (Å²) in [5.74, 6) is 2.53. The average molecular weight is 258 g/mol. The van der Waals surface area contributed by atoms with Crippen LogP contribution in [0.15, 0.2) is 42.2 Å². The third-order valence-corrected chi connectivity index (χ3v) is 3.26. The van der Waals surface area contributed by atoms with Gasteiger partial charge in [-0.3, -0.25) is 0 Å². The molecule has 0 saturated heterocycles. The van der Waals surface area contributed by atoms with Crippen LogP contribution in [0.3, 0.4) is 0 Å². The molecule has 2 rings (SSSR count). The van der Waals surface area contributed by atoms with E-state index in [1.54, 1.807) is 0 Å². The van der Waals surface area contributed by atoms with E-state index in [9.17, 15) is 0 Å². The highest BCUT2D eigenvalue weighted by Gasteiger charge is 2.09. The van der Waals surface area contributed by atoms with Crippen molar-refractivity contribution >= 4 is 0 Å². The fourth-order valence-corrected chi connectivity index (χ4v) is 2.15. The summed E-state index contributed by atoms with van der Waals surface area (Å²) < 4.78 is 11.6. The quantitative estimate of drug-likeness (QED) is 0.779. The monoisotopic (exact) mass is 258 g/mol. The van der Waals surface area contributed by atoms with Gasteiger partial charge in [0.15, 0.2) is 0 Å². The summed E-state index contributed by atoms with van der Waals surface area (Å²) in [4.78, 5) is 0. The Hall–Kier alpha value is -1.70. The van der Waals surface area contributed by atoms with Crippen LogP contribution in [0.25, 0.3) is 0 Å². The predicted molar refractivity (Wildman–Crippen MR) is 78.1 cm³/mol. The van der Waals surface area contributed by atoms with Crippen LogP contribution in [0, 0.1) is 12.8 Å². The minimum absolute atomic E-state index is 0.557. The minimum Gasteiger partial charge on any atom is -0.493 e. The molecule has 0 amide bonds. The molecule has 0 bridgehead atoms. The molecule has 1 aromatic carbocycles. The van der Waals surface area contributed by atoms with Crippen molar-refractivity contribution in [1.82, 2.24) is 0 Å². The maximum atomic E-state index is 5.85. The fourth-order valence-electron chi connectivity index (χ4n) is 2.15. The third kappa shape index (κ3) is 3.63. The molecule has 1 aliphatic carbocycles. The Morgan fingerprint density at radius 3 is 2.79 bits per heavy atom. The highest BCUT2D eigenvalue weighted by molar-refractivity contribution is 5.40. The van der Waals surface area contributed by atoms with E-state index in [2.05, 4.69) is 44.2 Å². The first-order valence-electron chi connectivity index (χ1n) is 6.93. The molecule has 0 radical (unpaired) electrons. The van der Waals surface area contributed by atoms with Crippen molar-refractivity contribution in [1.29, 1.82) is 0 Å². The van der Waals surface area contributed by atoms with Crippen molar-refractivity contribution in [2.45, 2.75) is 33.8 Å². The van der Waals surface area contributed by atoms with Gasteiger partial charge in [-0.25, -0.2) is 0 Å². The van der Waals surface area contributed by atoms with Gasteiger partial charge in [0.1, 0.15) is 18.1 Å². The Balaban J connectivity index is 2.03. The van der Waals surface area contributed by atoms with Gasteiger partial charge in [-0.1, -0.05) is 31.2 Å². The number of benzene rings is 1. The molecule has 0 heterocycles. The van der Waals surface area contributed by atoms with Crippen LogP contribution < -0.4 is 4.74 Å². The molecule has 0 aromatic heterocycles. The summed E-state index contributed by atoms with van der Waals surface area (Å²) >= 11 is 0.